The van der Waals surface area contributed by atoms with Crippen LogP contribution in [0.15, 0.2) is 45.8 Å². The summed E-state index contributed by atoms with van der Waals surface area (Å²) in [6, 6.07) is 12.3. The minimum absolute atomic E-state index is 0.0926. The van der Waals surface area contributed by atoms with E-state index < -0.39 is 5.60 Å². The number of aliphatic imine (C=N–C) groups is 1. The molecule has 2 aromatic rings. The third-order valence-electron chi connectivity index (χ3n) is 5.62. The molecule has 2 heterocycles. The van der Waals surface area contributed by atoms with Gasteiger partial charge in [0.25, 0.3) is 0 Å². The van der Waals surface area contributed by atoms with Crippen molar-refractivity contribution in [2.24, 2.45) is 10.9 Å². The van der Waals surface area contributed by atoms with Gasteiger partial charge in [-0.1, -0.05) is 30.3 Å². The molecule has 3 unspecified atom stereocenters. The highest BCUT2D eigenvalue weighted by molar-refractivity contribution is 5.79. The SMILES string of the molecule is CCNC(=NCC(C)(O)c1cc(C)oc1C)NCC1CCCOC1c1ccccc1. The number of furan rings is 1. The van der Waals surface area contributed by atoms with Gasteiger partial charge in [0.1, 0.15) is 17.1 Å². The number of nitrogens with zero attached hydrogens (tertiary/aromatic N) is 1. The van der Waals surface area contributed by atoms with Crippen molar-refractivity contribution >= 4 is 5.96 Å². The molecule has 30 heavy (non-hydrogen) atoms. The number of nitrogens with one attached hydrogen (secondary N) is 2. The summed E-state index contributed by atoms with van der Waals surface area (Å²) in [5, 5.41) is 17.7. The molecule has 0 radical (unpaired) electrons. The molecule has 6 heteroatoms. The van der Waals surface area contributed by atoms with E-state index >= 15 is 0 Å². The zero-order valence-corrected chi connectivity index (χ0v) is 18.6. The Balaban J connectivity index is 1.66. The minimum atomic E-state index is -1.09. The number of ether oxygens (including phenoxy) is 1. The first-order chi connectivity index (χ1) is 14.4. The first kappa shape index (κ1) is 22.4. The Morgan fingerprint density at radius 1 is 1.23 bits per heavy atom. The summed E-state index contributed by atoms with van der Waals surface area (Å²) in [4.78, 5) is 4.66. The van der Waals surface area contributed by atoms with Crippen molar-refractivity contribution in [3.63, 3.8) is 0 Å². The number of benzene rings is 1. The van der Waals surface area contributed by atoms with Gasteiger partial charge >= 0.3 is 0 Å². The summed E-state index contributed by atoms with van der Waals surface area (Å²) in [5.74, 6) is 2.59. The number of rotatable bonds is 7. The molecule has 1 saturated heterocycles. The highest BCUT2D eigenvalue weighted by Crippen LogP contribution is 2.33. The van der Waals surface area contributed by atoms with E-state index in [9.17, 15) is 5.11 Å². The van der Waals surface area contributed by atoms with Crippen molar-refractivity contribution < 1.29 is 14.3 Å². The zero-order valence-electron chi connectivity index (χ0n) is 18.6. The van der Waals surface area contributed by atoms with Gasteiger partial charge in [0.2, 0.25) is 0 Å². The van der Waals surface area contributed by atoms with Crippen LogP contribution in [0.4, 0.5) is 0 Å². The van der Waals surface area contributed by atoms with Gasteiger partial charge in [0.15, 0.2) is 5.96 Å². The molecule has 0 bridgehead atoms. The Morgan fingerprint density at radius 3 is 2.67 bits per heavy atom. The van der Waals surface area contributed by atoms with E-state index in [1.165, 1.54) is 5.56 Å². The molecule has 0 aliphatic carbocycles. The molecular formula is C24H35N3O3. The van der Waals surface area contributed by atoms with Crippen LogP contribution < -0.4 is 10.6 Å². The van der Waals surface area contributed by atoms with Crippen molar-refractivity contribution in [2.75, 3.05) is 26.2 Å². The van der Waals surface area contributed by atoms with Crippen LogP contribution in [0.5, 0.6) is 0 Å². The number of hydrogen-bond acceptors (Lipinski definition) is 4. The van der Waals surface area contributed by atoms with Crippen LogP contribution in [0, 0.1) is 19.8 Å². The topological polar surface area (TPSA) is 79.0 Å². The van der Waals surface area contributed by atoms with Crippen molar-refractivity contribution in [2.45, 2.75) is 52.2 Å². The second-order valence-electron chi connectivity index (χ2n) is 8.28. The monoisotopic (exact) mass is 413 g/mol. The summed E-state index contributed by atoms with van der Waals surface area (Å²) < 4.78 is 11.7. The first-order valence-corrected chi connectivity index (χ1v) is 10.9. The summed E-state index contributed by atoms with van der Waals surface area (Å²) in [6.45, 7) is 10.1. The second-order valence-corrected chi connectivity index (χ2v) is 8.28. The van der Waals surface area contributed by atoms with E-state index in [1.54, 1.807) is 6.92 Å². The van der Waals surface area contributed by atoms with Crippen molar-refractivity contribution in [1.82, 2.24) is 10.6 Å². The maximum Gasteiger partial charge on any atom is 0.191 e. The van der Waals surface area contributed by atoms with Gasteiger partial charge in [-0.3, -0.25) is 0 Å². The highest BCUT2D eigenvalue weighted by Gasteiger charge is 2.29. The molecule has 6 nitrogen and oxygen atoms in total. The molecule has 3 rings (SSSR count). The van der Waals surface area contributed by atoms with Gasteiger partial charge in [0.05, 0.1) is 12.6 Å². The van der Waals surface area contributed by atoms with Crippen LogP contribution in [0.2, 0.25) is 0 Å². The Hall–Kier alpha value is -2.31. The Labute approximate surface area is 179 Å². The molecule has 1 aliphatic rings. The average Bonchev–Trinajstić information content (AvgIpc) is 3.10. The highest BCUT2D eigenvalue weighted by atomic mass is 16.5. The van der Waals surface area contributed by atoms with E-state index in [0.717, 1.165) is 49.6 Å². The van der Waals surface area contributed by atoms with Crippen LogP contribution >= 0.6 is 0 Å². The standard InChI is InChI=1S/C24H35N3O3/c1-5-25-23(27-16-24(4,28)21-14-17(2)30-18(21)3)26-15-20-12-9-13-29-22(20)19-10-7-6-8-11-19/h6-8,10-11,14,20,22,28H,5,9,12-13,15-16H2,1-4H3,(H2,25,26,27). The molecular weight excluding hydrogens is 378 g/mol. The summed E-state index contributed by atoms with van der Waals surface area (Å²) in [7, 11) is 0. The van der Waals surface area contributed by atoms with Crippen LogP contribution in [0.3, 0.4) is 0 Å². The van der Waals surface area contributed by atoms with Crippen molar-refractivity contribution in [3.8, 4) is 0 Å². The smallest absolute Gasteiger partial charge is 0.191 e. The normalized spacial score (nSPS) is 21.8. The number of hydrogen-bond donors (Lipinski definition) is 3. The zero-order chi connectivity index (χ0) is 21.6. The van der Waals surface area contributed by atoms with Crippen molar-refractivity contribution in [3.05, 3.63) is 59.0 Å². The quantitative estimate of drug-likeness (QED) is 0.475. The molecule has 0 amide bonds. The van der Waals surface area contributed by atoms with Crippen LogP contribution in [0.1, 0.15) is 55.4 Å². The van der Waals surface area contributed by atoms with Gasteiger partial charge < -0.3 is 24.9 Å². The second kappa shape index (κ2) is 10.1. The van der Waals surface area contributed by atoms with Gasteiger partial charge in [0, 0.05) is 31.2 Å². The van der Waals surface area contributed by atoms with Crippen molar-refractivity contribution in [1.29, 1.82) is 0 Å². The minimum Gasteiger partial charge on any atom is -0.466 e. The van der Waals surface area contributed by atoms with Crippen LogP contribution in [-0.4, -0.2) is 37.3 Å². The first-order valence-electron chi connectivity index (χ1n) is 10.9. The van der Waals surface area contributed by atoms with Crippen LogP contribution in [0.25, 0.3) is 0 Å². The van der Waals surface area contributed by atoms with Gasteiger partial charge in [-0.25, -0.2) is 4.99 Å². The third-order valence-corrected chi connectivity index (χ3v) is 5.62. The van der Waals surface area contributed by atoms with Gasteiger partial charge in [-0.15, -0.1) is 0 Å². The molecule has 0 saturated carbocycles. The summed E-state index contributed by atoms with van der Waals surface area (Å²) in [5.41, 5.74) is 0.911. The molecule has 1 aromatic heterocycles. The molecule has 1 fully saturated rings. The summed E-state index contributed by atoms with van der Waals surface area (Å²) >= 11 is 0. The van der Waals surface area contributed by atoms with E-state index in [2.05, 4.69) is 39.9 Å². The lowest BCUT2D eigenvalue weighted by Gasteiger charge is -2.32. The molecule has 1 aliphatic heterocycles. The molecule has 164 valence electrons. The number of guanidine groups is 1. The fraction of sp³-hybridized carbons (Fsp3) is 0.542. The number of aliphatic hydroxyl groups is 1. The van der Waals surface area contributed by atoms with E-state index in [4.69, 9.17) is 9.15 Å². The lowest BCUT2D eigenvalue weighted by Crippen LogP contribution is -2.42. The Kier molecular flexibility index (Phi) is 7.56. The largest absolute Gasteiger partial charge is 0.466 e. The number of aryl methyl sites for hydroxylation is 2. The fourth-order valence-corrected chi connectivity index (χ4v) is 4.12. The molecule has 3 N–H and O–H groups in total. The van der Waals surface area contributed by atoms with E-state index in [-0.39, 0.29) is 12.6 Å². The molecule has 3 atom stereocenters. The van der Waals surface area contributed by atoms with Gasteiger partial charge in [-0.2, -0.15) is 0 Å². The molecule has 1 aromatic carbocycles. The summed E-state index contributed by atoms with van der Waals surface area (Å²) in [6.07, 6.45) is 2.27. The predicted octanol–water partition coefficient (Wildman–Crippen LogP) is 3.83. The molecule has 0 spiro atoms. The third kappa shape index (κ3) is 5.64. The Morgan fingerprint density at radius 2 is 2.00 bits per heavy atom. The maximum atomic E-state index is 11.0. The van der Waals surface area contributed by atoms with Crippen LogP contribution in [-0.2, 0) is 10.3 Å². The van der Waals surface area contributed by atoms with E-state index in [0.29, 0.717) is 11.9 Å². The van der Waals surface area contributed by atoms with Gasteiger partial charge in [-0.05, 0) is 52.2 Å². The lowest BCUT2D eigenvalue weighted by molar-refractivity contribution is -0.0265. The predicted molar refractivity (Wildman–Crippen MR) is 120 cm³/mol. The lowest BCUT2D eigenvalue weighted by atomic mass is 9.89. The fourth-order valence-electron chi connectivity index (χ4n) is 4.12. The van der Waals surface area contributed by atoms with E-state index in [1.807, 2.05) is 32.9 Å². The maximum absolute atomic E-state index is 11.0. The Bertz CT molecular complexity index is 829. The average molecular weight is 414 g/mol.